The molecule has 2 aliphatic heterocycles. The van der Waals surface area contributed by atoms with Gasteiger partial charge < -0.3 is 18.8 Å². The van der Waals surface area contributed by atoms with E-state index in [1.807, 2.05) is 30.3 Å². The predicted octanol–water partition coefficient (Wildman–Crippen LogP) is 4.09. The van der Waals surface area contributed by atoms with Crippen LogP contribution >= 0.6 is 0 Å². The van der Waals surface area contributed by atoms with Crippen LogP contribution < -0.4 is 10.6 Å². The number of benzene rings is 1. The van der Waals surface area contributed by atoms with Crippen LogP contribution in [0.15, 0.2) is 39.7 Å². The maximum absolute atomic E-state index is 13.1. The monoisotopic (exact) mass is 585 g/mol. The molecule has 2 saturated heterocycles. The zero-order valence-electron chi connectivity index (χ0n) is 24.9. The van der Waals surface area contributed by atoms with Crippen molar-refractivity contribution < 1.29 is 33.1 Å². The van der Waals surface area contributed by atoms with E-state index in [0.29, 0.717) is 31.4 Å². The number of guanidine groups is 1. The lowest BCUT2D eigenvalue weighted by Gasteiger charge is -2.27. The Morgan fingerprint density at radius 2 is 1.64 bits per heavy atom. The van der Waals surface area contributed by atoms with Gasteiger partial charge in [-0.15, -0.1) is 10.2 Å². The lowest BCUT2D eigenvalue weighted by Crippen LogP contribution is -2.47. The fourth-order valence-electron chi connectivity index (χ4n) is 4.45. The van der Waals surface area contributed by atoms with E-state index in [4.69, 9.17) is 18.7 Å². The number of aliphatic imine (C=N–C) groups is 1. The number of nitrogens with one attached hydrogen (secondary N) is 2. The highest BCUT2D eigenvalue weighted by atomic mass is 16.7. The van der Waals surface area contributed by atoms with Crippen LogP contribution in [0.1, 0.15) is 77.8 Å². The minimum atomic E-state index is -0.787. The number of rotatable bonds is 7. The van der Waals surface area contributed by atoms with Crippen molar-refractivity contribution in [2.75, 3.05) is 13.1 Å². The van der Waals surface area contributed by atoms with Crippen molar-refractivity contribution in [3.8, 4) is 0 Å². The van der Waals surface area contributed by atoms with Gasteiger partial charge in [0.2, 0.25) is 17.7 Å². The number of urea groups is 1. The third kappa shape index (κ3) is 8.65. The topological polar surface area (TPSA) is 161 Å². The van der Waals surface area contributed by atoms with Crippen LogP contribution in [0.3, 0.4) is 0 Å². The summed E-state index contributed by atoms with van der Waals surface area (Å²) >= 11 is 0. The Morgan fingerprint density at radius 3 is 2.26 bits per heavy atom. The number of amides is 4. The van der Waals surface area contributed by atoms with Crippen molar-refractivity contribution in [3.05, 3.63) is 47.7 Å². The Morgan fingerprint density at radius 1 is 1.00 bits per heavy atom. The smallest absolute Gasteiger partial charge is 0.414 e. The molecule has 2 aromatic rings. The Hall–Kier alpha value is -4.20. The molecule has 14 nitrogen and oxygen atoms in total. The van der Waals surface area contributed by atoms with Gasteiger partial charge in [0.05, 0.1) is 12.6 Å². The second kappa shape index (κ2) is 12.8. The molecule has 3 heterocycles. The van der Waals surface area contributed by atoms with Crippen molar-refractivity contribution in [3.63, 3.8) is 0 Å². The van der Waals surface area contributed by atoms with Crippen molar-refractivity contribution in [1.29, 1.82) is 0 Å². The maximum atomic E-state index is 13.1. The summed E-state index contributed by atoms with van der Waals surface area (Å²) in [4.78, 5) is 49.5. The van der Waals surface area contributed by atoms with Crippen LogP contribution in [0, 0.1) is 0 Å². The Kier molecular flexibility index (Phi) is 9.34. The molecule has 42 heavy (non-hydrogen) atoms. The third-order valence-corrected chi connectivity index (χ3v) is 6.14. The molecule has 1 aromatic carbocycles. The molecule has 14 heteroatoms. The van der Waals surface area contributed by atoms with Crippen LogP contribution in [0.25, 0.3) is 0 Å². The number of nitrogens with zero attached hydrogens (tertiary/aromatic N) is 5. The molecular formula is C28H39N7O7. The highest BCUT2D eigenvalue weighted by molar-refractivity contribution is 6.01. The quantitative estimate of drug-likeness (QED) is 0.360. The van der Waals surface area contributed by atoms with E-state index in [2.05, 4.69) is 25.8 Å². The van der Waals surface area contributed by atoms with Crippen molar-refractivity contribution >= 4 is 24.2 Å². The van der Waals surface area contributed by atoms with Gasteiger partial charge in [0, 0.05) is 13.0 Å². The number of piperidine rings is 1. The molecule has 0 aliphatic carbocycles. The average molecular weight is 586 g/mol. The Labute approximate surface area is 244 Å². The molecular weight excluding hydrogens is 546 g/mol. The predicted molar refractivity (Wildman–Crippen MR) is 150 cm³/mol. The molecule has 4 rings (SSSR count). The standard InChI is InChI=1S/C28H39N7O7/c1-27(2,3)41-24(36)30-23(31-25(37)42-28(4,5)6)29-15-14-21-32-33-22(40-21)20-13-12-19-16-34(20)26(38)35(19)39-17-18-10-8-7-9-11-18/h7-11,19-20H,12-17H2,1-6H3,(H2,29,30,31,36,37). The van der Waals surface area contributed by atoms with Crippen LogP contribution in [0.2, 0.25) is 0 Å². The van der Waals surface area contributed by atoms with Gasteiger partial charge in [-0.3, -0.25) is 20.5 Å². The summed E-state index contributed by atoms with van der Waals surface area (Å²) in [6.07, 6.45) is 0.0401. The van der Waals surface area contributed by atoms with E-state index in [1.165, 1.54) is 5.06 Å². The number of aromatic nitrogens is 2. The minimum Gasteiger partial charge on any atom is -0.444 e. The number of ether oxygens (including phenoxy) is 2. The molecule has 228 valence electrons. The fourth-order valence-corrected chi connectivity index (χ4v) is 4.45. The van der Waals surface area contributed by atoms with E-state index in [-0.39, 0.29) is 37.0 Å². The van der Waals surface area contributed by atoms with Gasteiger partial charge in [-0.05, 0) is 59.9 Å². The molecule has 2 fully saturated rings. The largest absolute Gasteiger partial charge is 0.444 e. The van der Waals surface area contributed by atoms with Crippen LogP contribution in [-0.2, 0) is 27.3 Å². The Bertz CT molecular complexity index is 1250. The number of alkyl carbamates (subject to hydrolysis) is 2. The van der Waals surface area contributed by atoms with Crippen molar-refractivity contribution in [1.82, 2.24) is 30.8 Å². The molecule has 2 aliphatic rings. The number of hydrogen-bond acceptors (Lipinski definition) is 10. The molecule has 4 amide bonds. The van der Waals surface area contributed by atoms with E-state index in [1.54, 1.807) is 46.4 Å². The van der Waals surface area contributed by atoms with Crippen molar-refractivity contribution in [2.45, 2.75) is 90.7 Å². The average Bonchev–Trinajstić information content (AvgIpc) is 3.44. The van der Waals surface area contributed by atoms with Gasteiger partial charge in [-0.25, -0.2) is 14.4 Å². The number of carbonyl (C=O) groups is 3. The number of hydrogen-bond donors (Lipinski definition) is 2. The molecule has 0 saturated carbocycles. The number of fused-ring (bicyclic) bond motifs is 2. The van der Waals surface area contributed by atoms with Gasteiger partial charge in [0.25, 0.3) is 0 Å². The fraction of sp³-hybridized carbons (Fsp3) is 0.571. The minimum absolute atomic E-state index is 0.0393. The van der Waals surface area contributed by atoms with Gasteiger partial charge in [0.15, 0.2) is 0 Å². The first-order valence-electron chi connectivity index (χ1n) is 13.9. The molecule has 0 spiro atoms. The first kappa shape index (κ1) is 30.8. The van der Waals surface area contributed by atoms with E-state index in [9.17, 15) is 14.4 Å². The molecule has 1 aromatic heterocycles. The first-order valence-corrected chi connectivity index (χ1v) is 13.9. The molecule has 2 bridgehead atoms. The number of carbonyl (C=O) groups excluding carboxylic acids is 3. The molecule has 2 atom stereocenters. The molecule has 0 radical (unpaired) electrons. The lowest BCUT2D eigenvalue weighted by atomic mass is 10.0. The molecule has 2 unspecified atom stereocenters. The highest BCUT2D eigenvalue weighted by Crippen LogP contribution is 2.38. The van der Waals surface area contributed by atoms with Gasteiger partial charge in [-0.1, -0.05) is 30.3 Å². The lowest BCUT2D eigenvalue weighted by molar-refractivity contribution is -0.140. The van der Waals surface area contributed by atoms with Crippen LogP contribution in [-0.4, -0.2) is 74.7 Å². The normalized spacial score (nSPS) is 18.5. The van der Waals surface area contributed by atoms with Crippen LogP contribution in [0.5, 0.6) is 0 Å². The number of hydroxylamine groups is 2. The molecule has 2 N–H and O–H groups in total. The summed E-state index contributed by atoms with van der Waals surface area (Å²) in [5.41, 5.74) is -0.516. The summed E-state index contributed by atoms with van der Waals surface area (Å²) in [5.74, 6) is 0.494. The summed E-state index contributed by atoms with van der Waals surface area (Å²) in [5, 5.41) is 14.6. The third-order valence-electron chi connectivity index (χ3n) is 6.14. The summed E-state index contributed by atoms with van der Waals surface area (Å²) in [6, 6.07) is 9.06. The summed E-state index contributed by atoms with van der Waals surface area (Å²) in [6.45, 7) is 11.2. The van der Waals surface area contributed by atoms with E-state index >= 15 is 0 Å². The maximum Gasteiger partial charge on any atom is 0.414 e. The highest BCUT2D eigenvalue weighted by Gasteiger charge is 2.47. The van der Waals surface area contributed by atoms with Crippen LogP contribution in [0.4, 0.5) is 14.4 Å². The van der Waals surface area contributed by atoms with Crippen molar-refractivity contribution in [2.24, 2.45) is 4.99 Å². The Balaban J connectivity index is 1.35. The second-order valence-electron chi connectivity index (χ2n) is 12.0. The van der Waals surface area contributed by atoms with Gasteiger partial charge >= 0.3 is 18.2 Å². The van der Waals surface area contributed by atoms with E-state index < -0.39 is 23.4 Å². The van der Waals surface area contributed by atoms with E-state index in [0.717, 1.165) is 12.0 Å². The summed E-state index contributed by atoms with van der Waals surface area (Å²) in [7, 11) is 0. The first-order chi connectivity index (χ1) is 19.8. The van der Waals surface area contributed by atoms with Gasteiger partial charge in [0.1, 0.15) is 23.9 Å². The SMILES string of the molecule is CC(C)(C)OC(=O)NC(=NCCc1nnc(C2CCC3CN2C(=O)N3OCc2ccccc2)o1)NC(=O)OC(C)(C)C. The zero-order chi connectivity index (χ0) is 30.5. The second-order valence-corrected chi connectivity index (χ2v) is 12.0. The van der Waals surface area contributed by atoms with Gasteiger partial charge in [-0.2, -0.15) is 5.06 Å². The zero-order valence-corrected chi connectivity index (χ0v) is 24.9. The summed E-state index contributed by atoms with van der Waals surface area (Å²) < 4.78 is 16.4.